The fraction of sp³-hybridized carbons (Fsp3) is 0.192. The van der Waals surface area contributed by atoms with Gasteiger partial charge in [-0.2, -0.15) is 0 Å². The molecule has 0 aliphatic rings. The minimum absolute atomic E-state index is 0.473. The maximum Gasteiger partial charge on any atom is 0.225 e. The van der Waals surface area contributed by atoms with Crippen molar-refractivity contribution in [1.29, 1.82) is 0 Å². The molecule has 0 fully saturated rings. The van der Waals surface area contributed by atoms with Crippen molar-refractivity contribution in [2.24, 2.45) is 4.99 Å². The highest BCUT2D eigenvalue weighted by molar-refractivity contribution is 5.96. The van der Waals surface area contributed by atoms with E-state index in [1.165, 1.54) is 11.1 Å². The summed E-state index contributed by atoms with van der Waals surface area (Å²) < 4.78 is 17.2. The Labute approximate surface area is 178 Å². The van der Waals surface area contributed by atoms with Crippen molar-refractivity contribution in [2.75, 3.05) is 7.11 Å². The molecule has 0 spiro atoms. The quantitative estimate of drug-likeness (QED) is 0.252. The summed E-state index contributed by atoms with van der Waals surface area (Å²) in [5.74, 6) is 2.75. The van der Waals surface area contributed by atoms with Gasteiger partial charge in [-0.1, -0.05) is 36.8 Å². The summed E-state index contributed by atoms with van der Waals surface area (Å²) in [5, 5.41) is 0. The molecule has 0 aromatic heterocycles. The molecule has 30 heavy (non-hydrogen) atoms. The zero-order valence-corrected chi connectivity index (χ0v) is 17.9. The highest BCUT2D eigenvalue weighted by Crippen LogP contribution is 2.22. The normalized spacial score (nSPS) is 11.9. The predicted octanol–water partition coefficient (Wildman–Crippen LogP) is 6.66. The number of aliphatic imine (C=N–C) groups is 1. The standard InChI is InChI=1S/C26H27NO3/c1-5-21-7-6-8-25(17-21)30-26(27-22-11-15-23(28-4)16-12-22)20(3)18-29-24-13-9-19(2)10-14-24/h6-18H,5H2,1-4H3. The number of ether oxygens (including phenoxy) is 3. The van der Waals surface area contributed by atoms with Crippen LogP contribution in [0.3, 0.4) is 0 Å². The van der Waals surface area contributed by atoms with Crippen LogP contribution in [-0.4, -0.2) is 13.0 Å². The summed E-state index contributed by atoms with van der Waals surface area (Å²) in [6, 6.07) is 23.4. The van der Waals surface area contributed by atoms with Crippen molar-refractivity contribution < 1.29 is 14.2 Å². The summed E-state index contributed by atoms with van der Waals surface area (Å²) in [7, 11) is 1.64. The van der Waals surface area contributed by atoms with E-state index in [1.807, 2.05) is 80.6 Å². The second-order valence-corrected chi connectivity index (χ2v) is 6.95. The number of nitrogens with zero attached hydrogens (tertiary/aromatic N) is 1. The Hall–Kier alpha value is -3.53. The molecule has 0 N–H and O–H groups in total. The summed E-state index contributed by atoms with van der Waals surface area (Å²) >= 11 is 0. The zero-order valence-electron chi connectivity index (χ0n) is 17.9. The molecular weight excluding hydrogens is 374 g/mol. The Kier molecular flexibility index (Phi) is 7.28. The Bertz CT molecular complexity index is 1020. The van der Waals surface area contributed by atoms with Crippen molar-refractivity contribution in [2.45, 2.75) is 27.2 Å². The van der Waals surface area contributed by atoms with Crippen molar-refractivity contribution in [3.8, 4) is 17.2 Å². The lowest BCUT2D eigenvalue weighted by atomic mass is 10.2. The summed E-state index contributed by atoms with van der Waals surface area (Å²) in [4.78, 5) is 4.70. The molecule has 0 atom stereocenters. The van der Waals surface area contributed by atoms with E-state index in [4.69, 9.17) is 19.2 Å². The molecule has 0 unspecified atom stereocenters. The smallest absolute Gasteiger partial charge is 0.225 e. The van der Waals surface area contributed by atoms with Crippen LogP contribution in [0.5, 0.6) is 17.2 Å². The van der Waals surface area contributed by atoms with Gasteiger partial charge in [0.15, 0.2) is 0 Å². The number of hydrogen-bond acceptors (Lipinski definition) is 4. The van der Waals surface area contributed by atoms with E-state index in [-0.39, 0.29) is 0 Å². The average molecular weight is 402 g/mol. The molecule has 0 saturated carbocycles. The molecule has 0 heterocycles. The monoisotopic (exact) mass is 401 g/mol. The van der Waals surface area contributed by atoms with E-state index in [1.54, 1.807) is 13.4 Å². The van der Waals surface area contributed by atoms with Gasteiger partial charge in [0.05, 0.1) is 19.1 Å². The Morgan fingerprint density at radius 2 is 1.60 bits per heavy atom. The SMILES string of the molecule is CCc1cccc(OC(=Nc2ccc(OC)cc2)C(C)=COc2ccc(C)cc2)c1. The Balaban J connectivity index is 1.89. The van der Waals surface area contributed by atoms with E-state index in [2.05, 4.69) is 13.0 Å². The maximum absolute atomic E-state index is 6.16. The third kappa shape index (κ3) is 5.98. The zero-order chi connectivity index (χ0) is 21.3. The lowest BCUT2D eigenvalue weighted by molar-refractivity contribution is 0.415. The van der Waals surface area contributed by atoms with Gasteiger partial charge in [-0.25, -0.2) is 4.99 Å². The van der Waals surface area contributed by atoms with E-state index in [0.29, 0.717) is 5.90 Å². The number of rotatable bonds is 7. The molecule has 0 saturated heterocycles. The molecule has 3 rings (SSSR count). The second kappa shape index (κ2) is 10.3. The molecule has 0 radical (unpaired) electrons. The molecule has 4 nitrogen and oxygen atoms in total. The topological polar surface area (TPSA) is 40.0 Å². The third-order valence-corrected chi connectivity index (χ3v) is 4.55. The molecule has 4 heteroatoms. The Morgan fingerprint density at radius 3 is 2.27 bits per heavy atom. The first-order valence-corrected chi connectivity index (χ1v) is 9.97. The minimum atomic E-state index is 0.473. The largest absolute Gasteiger partial charge is 0.497 e. The highest BCUT2D eigenvalue weighted by atomic mass is 16.5. The summed E-state index contributed by atoms with van der Waals surface area (Å²) in [6.07, 6.45) is 2.60. The minimum Gasteiger partial charge on any atom is -0.497 e. The fourth-order valence-electron chi connectivity index (χ4n) is 2.73. The van der Waals surface area contributed by atoms with Crippen LogP contribution in [0.2, 0.25) is 0 Å². The van der Waals surface area contributed by atoms with Gasteiger partial charge < -0.3 is 14.2 Å². The summed E-state index contributed by atoms with van der Waals surface area (Å²) in [5.41, 5.74) is 3.92. The van der Waals surface area contributed by atoms with Crippen molar-refractivity contribution >= 4 is 11.6 Å². The van der Waals surface area contributed by atoms with Crippen LogP contribution in [0.1, 0.15) is 25.0 Å². The van der Waals surface area contributed by atoms with Gasteiger partial charge in [0.1, 0.15) is 17.2 Å². The number of aryl methyl sites for hydroxylation is 2. The van der Waals surface area contributed by atoms with Crippen LogP contribution in [0, 0.1) is 6.92 Å². The maximum atomic E-state index is 6.16. The molecule has 0 aliphatic heterocycles. The van der Waals surface area contributed by atoms with Crippen molar-refractivity contribution in [3.63, 3.8) is 0 Å². The van der Waals surface area contributed by atoms with Gasteiger partial charge in [0.2, 0.25) is 5.90 Å². The van der Waals surface area contributed by atoms with Gasteiger partial charge >= 0.3 is 0 Å². The number of methoxy groups -OCH3 is 1. The molecule has 0 amide bonds. The third-order valence-electron chi connectivity index (χ3n) is 4.55. The van der Waals surface area contributed by atoms with Crippen LogP contribution in [0.25, 0.3) is 0 Å². The van der Waals surface area contributed by atoms with Gasteiger partial charge in [-0.05, 0) is 74.4 Å². The molecule has 154 valence electrons. The van der Waals surface area contributed by atoms with Crippen molar-refractivity contribution in [1.82, 2.24) is 0 Å². The van der Waals surface area contributed by atoms with Gasteiger partial charge in [0, 0.05) is 5.57 Å². The van der Waals surface area contributed by atoms with Gasteiger partial charge in [-0.3, -0.25) is 0 Å². The molecule has 3 aromatic carbocycles. The highest BCUT2D eigenvalue weighted by Gasteiger charge is 2.09. The van der Waals surface area contributed by atoms with Crippen LogP contribution < -0.4 is 14.2 Å². The average Bonchev–Trinajstić information content (AvgIpc) is 2.78. The van der Waals surface area contributed by atoms with E-state index in [9.17, 15) is 0 Å². The number of benzene rings is 3. The molecule has 0 aliphatic carbocycles. The van der Waals surface area contributed by atoms with E-state index < -0.39 is 0 Å². The van der Waals surface area contributed by atoms with E-state index >= 15 is 0 Å². The summed E-state index contributed by atoms with van der Waals surface area (Å²) in [6.45, 7) is 6.08. The lowest BCUT2D eigenvalue weighted by Gasteiger charge is -2.11. The van der Waals surface area contributed by atoms with Gasteiger partial charge in [-0.15, -0.1) is 0 Å². The van der Waals surface area contributed by atoms with Crippen LogP contribution in [0.4, 0.5) is 5.69 Å². The van der Waals surface area contributed by atoms with Gasteiger partial charge in [0.25, 0.3) is 0 Å². The number of hydrogen-bond donors (Lipinski definition) is 0. The first kappa shape index (κ1) is 21.2. The van der Waals surface area contributed by atoms with Crippen LogP contribution in [0.15, 0.2) is 89.6 Å². The van der Waals surface area contributed by atoms with Crippen LogP contribution in [-0.2, 0) is 6.42 Å². The second-order valence-electron chi connectivity index (χ2n) is 6.95. The fourth-order valence-corrected chi connectivity index (χ4v) is 2.73. The van der Waals surface area contributed by atoms with Crippen molar-refractivity contribution in [3.05, 3.63) is 95.8 Å². The molecule has 3 aromatic rings. The molecule has 0 bridgehead atoms. The lowest BCUT2D eigenvalue weighted by Crippen LogP contribution is -2.11. The predicted molar refractivity (Wildman–Crippen MR) is 122 cm³/mol. The van der Waals surface area contributed by atoms with Crippen LogP contribution >= 0.6 is 0 Å². The van der Waals surface area contributed by atoms with E-state index in [0.717, 1.165) is 34.9 Å². The first-order chi connectivity index (χ1) is 14.6. The first-order valence-electron chi connectivity index (χ1n) is 9.97. The Morgan fingerprint density at radius 1 is 0.900 bits per heavy atom. The molecular formula is C26H27NO3.